The number of carboxylic acid groups (broad SMARTS) is 1. The van der Waals surface area contributed by atoms with Crippen molar-refractivity contribution in [1.82, 2.24) is 15.6 Å². The Bertz CT molecular complexity index is 450. The molecule has 17 heavy (non-hydrogen) atoms. The standard InChI is InChI=1S/C10H11N3O3S/c1-2-4-11-10(16)12-5-3-8-13-7(6-17-8)9(14)15/h1,6H,3-5H2,(H,14,15)(H2,11,12,16). The number of carboxylic acids is 1. The van der Waals surface area contributed by atoms with Crippen LogP contribution in [-0.4, -0.2) is 35.2 Å². The minimum Gasteiger partial charge on any atom is -0.476 e. The highest BCUT2D eigenvalue weighted by atomic mass is 32.1. The van der Waals surface area contributed by atoms with Crippen molar-refractivity contribution in [3.63, 3.8) is 0 Å². The van der Waals surface area contributed by atoms with Crippen LogP contribution in [0.5, 0.6) is 0 Å². The van der Waals surface area contributed by atoms with Crippen molar-refractivity contribution in [2.75, 3.05) is 13.1 Å². The van der Waals surface area contributed by atoms with E-state index >= 15 is 0 Å². The number of aromatic nitrogens is 1. The lowest BCUT2D eigenvalue weighted by Gasteiger charge is -2.03. The van der Waals surface area contributed by atoms with E-state index in [2.05, 4.69) is 21.5 Å². The van der Waals surface area contributed by atoms with E-state index < -0.39 is 5.97 Å². The second-order valence-corrected chi connectivity index (χ2v) is 3.94. The van der Waals surface area contributed by atoms with E-state index in [0.717, 1.165) is 0 Å². The molecule has 90 valence electrons. The minimum absolute atomic E-state index is 0.0294. The molecule has 0 spiro atoms. The van der Waals surface area contributed by atoms with Crippen molar-refractivity contribution in [3.8, 4) is 12.3 Å². The molecule has 1 aromatic rings. The molecule has 6 nitrogen and oxygen atoms in total. The van der Waals surface area contributed by atoms with E-state index in [0.29, 0.717) is 18.0 Å². The molecule has 0 unspecified atom stereocenters. The monoisotopic (exact) mass is 253 g/mol. The molecule has 1 rings (SSSR count). The maximum absolute atomic E-state index is 11.1. The number of hydrogen-bond acceptors (Lipinski definition) is 4. The fourth-order valence-electron chi connectivity index (χ4n) is 1.00. The SMILES string of the molecule is C#CCNC(=O)NCCc1nc(C(=O)O)cs1. The minimum atomic E-state index is -1.05. The van der Waals surface area contributed by atoms with Gasteiger partial charge in [0.05, 0.1) is 11.6 Å². The predicted molar refractivity (Wildman–Crippen MR) is 63.0 cm³/mol. The molecule has 0 aliphatic rings. The molecule has 0 aromatic carbocycles. The number of terminal acetylenes is 1. The highest BCUT2D eigenvalue weighted by Gasteiger charge is 2.08. The number of carbonyl (C=O) groups is 2. The van der Waals surface area contributed by atoms with E-state index in [-0.39, 0.29) is 18.3 Å². The molecule has 0 atom stereocenters. The molecule has 0 radical (unpaired) electrons. The average Bonchev–Trinajstić information content (AvgIpc) is 2.75. The third kappa shape index (κ3) is 4.53. The van der Waals surface area contributed by atoms with Crippen molar-refractivity contribution in [1.29, 1.82) is 0 Å². The van der Waals surface area contributed by atoms with Crippen LogP contribution >= 0.6 is 11.3 Å². The number of aromatic carboxylic acids is 1. The Labute approximate surface area is 102 Å². The van der Waals surface area contributed by atoms with Crippen LogP contribution in [0.15, 0.2) is 5.38 Å². The molecule has 7 heteroatoms. The fraction of sp³-hybridized carbons (Fsp3) is 0.300. The number of amides is 2. The summed E-state index contributed by atoms with van der Waals surface area (Å²) in [4.78, 5) is 25.5. The summed E-state index contributed by atoms with van der Waals surface area (Å²) in [6.07, 6.45) is 5.46. The Morgan fingerprint density at radius 3 is 2.88 bits per heavy atom. The lowest BCUT2D eigenvalue weighted by atomic mass is 10.4. The molecule has 2 amide bonds. The largest absolute Gasteiger partial charge is 0.476 e. The Morgan fingerprint density at radius 2 is 2.29 bits per heavy atom. The highest BCUT2D eigenvalue weighted by Crippen LogP contribution is 2.09. The smallest absolute Gasteiger partial charge is 0.355 e. The summed E-state index contributed by atoms with van der Waals surface area (Å²) in [5.41, 5.74) is 0.0294. The van der Waals surface area contributed by atoms with Crippen molar-refractivity contribution >= 4 is 23.3 Å². The van der Waals surface area contributed by atoms with Gasteiger partial charge in [-0.25, -0.2) is 14.6 Å². The second-order valence-electron chi connectivity index (χ2n) is 3.00. The van der Waals surface area contributed by atoms with E-state index in [1.165, 1.54) is 16.7 Å². The summed E-state index contributed by atoms with van der Waals surface area (Å²) in [6, 6.07) is -0.349. The van der Waals surface area contributed by atoms with E-state index in [9.17, 15) is 9.59 Å². The first-order valence-electron chi connectivity index (χ1n) is 4.76. The zero-order valence-electron chi connectivity index (χ0n) is 8.90. The van der Waals surface area contributed by atoms with Crippen LogP contribution in [0.2, 0.25) is 0 Å². The van der Waals surface area contributed by atoms with Gasteiger partial charge in [-0.3, -0.25) is 0 Å². The van der Waals surface area contributed by atoms with Crippen LogP contribution in [0, 0.1) is 12.3 Å². The Balaban J connectivity index is 2.29. The van der Waals surface area contributed by atoms with Gasteiger partial charge in [-0.1, -0.05) is 5.92 Å². The van der Waals surface area contributed by atoms with Gasteiger partial charge in [0, 0.05) is 18.3 Å². The first-order valence-corrected chi connectivity index (χ1v) is 5.64. The summed E-state index contributed by atoms with van der Waals surface area (Å²) in [7, 11) is 0. The number of hydrogen-bond donors (Lipinski definition) is 3. The Morgan fingerprint density at radius 1 is 1.53 bits per heavy atom. The molecule has 1 aromatic heterocycles. The van der Waals surface area contributed by atoms with Gasteiger partial charge in [-0.15, -0.1) is 17.8 Å². The molecule has 0 bridgehead atoms. The Hall–Kier alpha value is -2.07. The molecule has 0 fully saturated rings. The molecular formula is C10H11N3O3S. The molecular weight excluding hydrogens is 242 g/mol. The van der Waals surface area contributed by atoms with Crippen molar-refractivity contribution in [2.24, 2.45) is 0 Å². The first-order chi connectivity index (χ1) is 8.13. The van der Waals surface area contributed by atoms with Gasteiger partial charge < -0.3 is 15.7 Å². The molecule has 0 aliphatic heterocycles. The third-order valence-electron chi connectivity index (χ3n) is 1.75. The predicted octanol–water partition coefficient (Wildman–Crippen LogP) is 0.316. The average molecular weight is 253 g/mol. The maximum Gasteiger partial charge on any atom is 0.355 e. The fourth-order valence-corrected chi connectivity index (χ4v) is 1.77. The Kier molecular flexibility index (Phi) is 4.97. The molecule has 0 saturated heterocycles. The normalized spacial score (nSPS) is 9.35. The summed E-state index contributed by atoms with van der Waals surface area (Å²) < 4.78 is 0. The number of urea groups is 1. The van der Waals surface area contributed by atoms with Crippen molar-refractivity contribution in [2.45, 2.75) is 6.42 Å². The molecule has 1 heterocycles. The van der Waals surface area contributed by atoms with Gasteiger partial charge in [0.15, 0.2) is 5.69 Å². The van der Waals surface area contributed by atoms with E-state index in [1.54, 1.807) is 0 Å². The van der Waals surface area contributed by atoms with Gasteiger partial charge in [-0.05, 0) is 0 Å². The quantitative estimate of drug-likeness (QED) is 0.659. The zero-order chi connectivity index (χ0) is 12.7. The maximum atomic E-state index is 11.1. The van der Waals surface area contributed by atoms with Crippen LogP contribution < -0.4 is 10.6 Å². The summed E-state index contributed by atoms with van der Waals surface area (Å²) >= 11 is 1.25. The summed E-state index contributed by atoms with van der Waals surface area (Å²) in [6.45, 7) is 0.551. The molecule has 0 aliphatic carbocycles. The number of nitrogens with zero attached hydrogens (tertiary/aromatic N) is 1. The van der Waals surface area contributed by atoms with Crippen LogP contribution in [0.25, 0.3) is 0 Å². The highest BCUT2D eigenvalue weighted by molar-refractivity contribution is 7.09. The molecule has 3 N–H and O–H groups in total. The van der Waals surface area contributed by atoms with Crippen molar-refractivity contribution < 1.29 is 14.7 Å². The van der Waals surface area contributed by atoms with E-state index in [1.807, 2.05) is 0 Å². The van der Waals surface area contributed by atoms with Crippen LogP contribution in [-0.2, 0) is 6.42 Å². The number of nitrogens with one attached hydrogen (secondary N) is 2. The van der Waals surface area contributed by atoms with Gasteiger partial charge in [0.2, 0.25) is 0 Å². The van der Waals surface area contributed by atoms with Crippen LogP contribution in [0.1, 0.15) is 15.5 Å². The van der Waals surface area contributed by atoms with Gasteiger partial charge >= 0.3 is 12.0 Å². The second kappa shape index (κ2) is 6.50. The van der Waals surface area contributed by atoms with E-state index in [4.69, 9.17) is 11.5 Å². The van der Waals surface area contributed by atoms with Gasteiger partial charge in [-0.2, -0.15) is 0 Å². The van der Waals surface area contributed by atoms with Crippen molar-refractivity contribution in [3.05, 3.63) is 16.1 Å². The number of thiazole rings is 1. The zero-order valence-corrected chi connectivity index (χ0v) is 9.71. The van der Waals surface area contributed by atoms with Gasteiger partial charge in [0.25, 0.3) is 0 Å². The van der Waals surface area contributed by atoms with Crippen LogP contribution in [0.4, 0.5) is 4.79 Å². The number of rotatable bonds is 5. The van der Waals surface area contributed by atoms with Gasteiger partial charge in [0.1, 0.15) is 0 Å². The van der Waals surface area contributed by atoms with Crippen LogP contribution in [0.3, 0.4) is 0 Å². The lowest BCUT2D eigenvalue weighted by Crippen LogP contribution is -2.36. The first kappa shape index (κ1) is 13.0. The summed E-state index contributed by atoms with van der Waals surface area (Å²) in [5.74, 6) is 1.23. The lowest BCUT2D eigenvalue weighted by molar-refractivity contribution is 0.0691. The topological polar surface area (TPSA) is 91.3 Å². The molecule has 0 saturated carbocycles. The third-order valence-corrected chi connectivity index (χ3v) is 2.65. The summed E-state index contributed by atoms with van der Waals surface area (Å²) in [5, 5.41) is 15.8. The number of carbonyl (C=O) groups excluding carboxylic acids is 1.